The Hall–Kier alpha value is -2.70. The first-order valence-corrected chi connectivity index (χ1v) is 7.53. The number of aryl methyl sites for hydroxylation is 1. The maximum Gasteiger partial charge on any atom is 0.344 e. The van der Waals surface area contributed by atoms with Crippen molar-refractivity contribution in [2.75, 3.05) is 5.32 Å². The zero-order valence-corrected chi connectivity index (χ0v) is 13.9. The van der Waals surface area contributed by atoms with Crippen LogP contribution in [0.1, 0.15) is 48.5 Å². The summed E-state index contributed by atoms with van der Waals surface area (Å²) in [7, 11) is 0. The van der Waals surface area contributed by atoms with Gasteiger partial charge in [0.2, 0.25) is 0 Å². The lowest BCUT2D eigenvalue weighted by Gasteiger charge is -2.14. The topological polar surface area (TPSA) is 81.4 Å². The van der Waals surface area contributed by atoms with E-state index in [4.69, 9.17) is 9.26 Å². The lowest BCUT2D eigenvalue weighted by Crippen LogP contribution is -2.30. The van der Waals surface area contributed by atoms with E-state index in [1.807, 2.05) is 13.8 Å². The van der Waals surface area contributed by atoms with Gasteiger partial charge in [0.25, 0.3) is 5.91 Å². The molecule has 7 heteroatoms. The molecule has 1 aromatic heterocycles. The Bertz CT molecular complexity index is 755. The summed E-state index contributed by atoms with van der Waals surface area (Å²) in [6.45, 7) is 6.78. The van der Waals surface area contributed by atoms with E-state index in [0.717, 1.165) is 0 Å². The summed E-state index contributed by atoms with van der Waals surface area (Å²) in [4.78, 5) is 24.4. The molecule has 1 N–H and O–H groups in total. The Balaban J connectivity index is 2.06. The molecule has 0 aliphatic rings. The van der Waals surface area contributed by atoms with E-state index in [9.17, 15) is 14.0 Å². The number of amides is 1. The van der Waals surface area contributed by atoms with Gasteiger partial charge in [-0.05, 0) is 32.0 Å². The average molecular weight is 334 g/mol. The van der Waals surface area contributed by atoms with Crippen LogP contribution >= 0.6 is 0 Å². The molecule has 0 aliphatic carbocycles. The Kier molecular flexibility index (Phi) is 5.33. The van der Waals surface area contributed by atoms with E-state index in [2.05, 4.69) is 10.5 Å². The number of anilines is 1. The summed E-state index contributed by atoms with van der Waals surface area (Å²) in [6.07, 6.45) is -1.06. The van der Waals surface area contributed by atoms with Crippen molar-refractivity contribution in [3.8, 4) is 0 Å². The molecule has 0 unspecified atom stereocenters. The summed E-state index contributed by atoms with van der Waals surface area (Å²) in [5.41, 5.74) is 0.920. The fourth-order valence-corrected chi connectivity index (χ4v) is 2.11. The molecule has 0 fully saturated rings. The third kappa shape index (κ3) is 3.98. The lowest BCUT2D eigenvalue weighted by atomic mass is 10.1. The molecule has 6 nitrogen and oxygen atoms in total. The fourth-order valence-electron chi connectivity index (χ4n) is 2.11. The van der Waals surface area contributed by atoms with Gasteiger partial charge < -0.3 is 14.6 Å². The Morgan fingerprint density at radius 3 is 2.62 bits per heavy atom. The zero-order chi connectivity index (χ0) is 17.9. The minimum Gasteiger partial charge on any atom is -0.449 e. The Morgan fingerprint density at radius 1 is 1.29 bits per heavy atom. The summed E-state index contributed by atoms with van der Waals surface area (Å²) in [5.74, 6) is -1.35. The number of halogens is 1. The molecule has 2 rings (SSSR count). The van der Waals surface area contributed by atoms with Crippen LogP contribution in [0.4, 0.5) is 10.1 Å². The van der Waals surface area contributed by atoms with Crippen molar-refractivity contribution in [1.82, 2.24) is 5.16 Å². The molecule has 1 amide bonds. The van der Waals surface area contributed by atoms with Gasteiger partial charge in [0.15, 0.2) is 11.9 Å². The minimum atomic E-state index is -1.06. The van der Waals surface area contributed by atoms with Crippen molar-refractivity contribution in [3.63, 3.8) is 0 Å². The van der Waals surface area contributed by atoms with Crippen LogP contribution in [-0.4, -0.2) is 23.1 Å². The third-order valence-electron chi connectivity index (χ3n) is 3.36. The van der Waals surface area contributed by atoms with Gasteiger partial charge in [-0.2, -0.15) is 0 Å². The molecule has 1 aromatic carbocycles. The first kappa shape index (κ1) is 17.7. The molecule has 24 heavy (non-hydrogen) atoms. The van der Waals surface area contributed by atoms with Gasteiger partial charge in [-0.15, -0.1) is 0 Å². The monoisotopic (exact) mass is 334 g/mol. The highest BCUT2D eigenvalue weighted by atomic mass is 19.1. The second-order valence-corrected chi connectivity index (χ2v) is 5.71. The predicted molar refractivity (Wildman–Crippen MR) is 85.2 cm³/mol. The number of nitrogens with one attached hydrogen (secondary N) is 1. The quantitative estimate of drug-likeness (QED) is 0.847. The molecule has 128 valence electrons. The minimum absolute atomic E-state index is 0.0508. The van der Waals surface area contributed by atoms with Gasteiger partial charge in [0.05, 0.1) is 5.69 Å². The molecule has 2 aromatic rings. The second-order valence-electron chi connectivity index (χ2n) is 5.71. The third-order valence-corrected chi connectivity index (χ3v) is 3.36. The van der Waals surface area contributed by atoms with Gasteiger partial charge >= 0.3 is 5.97 Å². The highest BCUT2D eigenvalue weighted by Crippen LogP contribution is 2.23. The van der Waals surface area contributed by atoms with E-state index in [1.165, 1.54) is 31.2 Å². The normalized spacial score (nSPS) is 12.1. The van der Waals surface area contributed by atoms with E-state index in [-0.39, 0.29) is 17.2 Å². The first-order valence-electron chi connectivity index (χ1n) is 7.53. The molecule has 1 atom stereocenters. The standard InChI is InChI=1S/C17H19FN2O4/c1-9(2)15-14(10(3)20-24-15)17(22)23-11(4)16(21)19-13-7-5-6-12(18)8-13/h5-9,11H,1-4H3,(H,19,21)/t11-/m0/s1. The van der Waals surface area contributed by atoms with Crippen LogP contribution in [0.2, 0.25) is 0 Å². The van der Waals surface area contributed by atoms with Crippen molar-refractivity contribution in [3.05, 3.63) is 47.1 Å². The molecule has 0 saturated heterocycles. The number of ether oxygens (including phenoxy) is 1. The number of nitrogens with zero attached hydrogens (tertiary/aromatic N) is 1. The van der Waals surface area contributed by atoms with E-state index in [1.54, 1.807) is 6.92 Å². The molecule has 0 spiro atoms. The van der Waals surface area contributed by atoms with Crippen LogP contribution in [0.3, 0.4) is 0 Å². The van der Waals surface area contributed by atoms with Gasteiger partial charge in [-0.25, -0.2) is 9.18 Å². The summed E-state index contributed by atoms with van der Waals surface area (Å²) in [5, 5.41) is 6.26. The van der Waals surface area contributed by atoms with Crippen LogP contribution in [0, 0.1) is 12.7 Å². The number of esters is 1. The highest BCUT2D eigenvalue weighted by molar-refractivity contribution is 5.98. The summed E-state index contributed by atoms with van der Waals surface area (Å²) >= 11 is 0. The Labute approximate surface area is 139 Å². The number of aromatic nitrogens is 1. The van der Waals surface area contributed by atoms with Crippen molar-refractivity contribution < 1.29 is 23.2 Å². The molecule has 0 saturated carbocycles. The number of hydrogen-bond donors (Lipinski definition) is 1. The van der Waals surface area contributed by atoms with Crippen LogP contribution < -0.4 is 5.32 Å². The van der Waals surface area contributed by atoms with Crippen molar-refractivity contribution in [1.29, 1.82) is 0 Å². The van der Waals surface area contributed by atoms with Crippen LogP contribution in [0.15, 0.2) is 28.8 Å². The molecular formula is C17H19FN2O4. The van der Waals surface area contributed by atoms with Crippen molar-refractivity contribution in [2.24, 2.45) is 0 Å². The highest BCUT2D eigenvalue weighted by Gasteiger charge is 2.27. The molecule has 0 aliphatic heterocycles. The summed E-state index contributed by atoms with van der Waals surface area (Å²) in [6, 6.07) is 5.45. The fraction of sp³-hybridized carbons (Fsp3) is 0.353. The van der Waals surface area contributed by atoms with E-state index in [0.29, 0.717) is 11.5 Å². The number of carbonyl (C=O) groups is 2. The average Bonchev–Trinajstić information content (AvgIpc) is 2.89. The molecule has 0 radical (unpaired) electrons. The van der Waals surface area contributed by atoms with Crippen molar-refractivity contribution >= 4 is 17.6 Å². The predicted octanol–water partition coefficient (Wildman–Crippen LogP) is 3.43. The van der Waals surface area contributed by atoms with Crippen molar-refractivity contribution in [2.45, 2.75) is 39.7 Å². The van der Waals surface area contributed by atoms with Gasteiger partial charge in [0.1, 0.15) is 11.4 Å². The zero-order valence-electron chi connectivity index (χ0n) is 13.9. The van der Waals surface area contributed by atoms with Gasteiger partial charge in [0, 0.05) is 11.6 Å². The van der Waals surface area contributed by atoms with E-state index < -0.39 is 23.8 Å². The maximum absolute atomic E-state index is 13.1. The number of carbonyl (C=O) groups excluding carboxylic acids is 2. The van der Waals surface area contributed by atoms with Crippen LogP contribution in [-0.2, 0) is 9.53 Å². The summed E-state index contributed by atoms with van der Waals surface area (Å²) < 4.78 is 23.4. The molecule has 1 heterocycles. The molecule has 0 bridgehead atoms. The molecular weight excluding hydrogens is 315 g/mol. The lowest BCUT2D eigenvalue weighted by molar-refractivity contribution is -0.123. The largest absolute Gasteiger partial charge is 0.449 e. The van der Waals surface area contributed by atoms with Crippen LogP contribution in [0.5, 0.6) is 0 Å². The number of hydrogen-bond acceptors (Lipinski definition) is 5. The maximum atomic E-state index is 13.1. The SMILES string of the molecule is Cc1noc(C(C)C)c1C(=O)O[C@@H](C)C(=O)Nc1cccc(F)c1. The van der Waals surface area contributed by atoms with Gasteiger partial charge in [-0.1, -0.05) is 25.1 Å². The Morgan fingerprint density at radius 2 is 2.00 bits per heavy atom. The number of benzene rings is 1. The number of rotatable bonds is 5. The van der Waals surface area contributed by atoms with Crippen LogP contribution in [0.25, 0.3) is 0 Å². The van der Waals surface area contributed by atoms with E-state index >= 15 is 0 Å². The van der Waals surface area contributed by atoms with Gasteiger partial charge in [-0.3, -0.25) is 4.79 Å². The second kappa shape index (κ2) is 7.25. The smallest absolute Gasteiger partial charge is 0.344 e. The first-order chi connectivity index (χ1) is 11.3.